The van der Waals surface area contributed by atoms with Crippen molar-refractivity contribution in [1.29, 1.82) is 0 Å². The molecule has 2 fully saturated rings. The number of nitrogens with zero attached hydrogens (tertiary/aromatic N) is 2. The molecule has 1 aliphatic carbocycles. The Morgan fingerprint density at radius 2 is 2.10 bits per heavy atom. The van der Waals surface area contributed by atoms with Gasteiger partial charge in [-0.1, -0.05) is 0 Å². The quantitative estimate of drug-likeness (QED) is 0.535. The van der Waals surface area contributed by atoms with Gasteiger partial charge in [-0.3, -0.25) is 0 Å². The number of fused-ring (bicyclic) bond motifs is 2. The van der Waals surface area contributed by atoms with Crippen LogP contribution in [0, 0.1) is 5.92 Å². The van der Waals surface area contributed by atoms with E-state index in [-0.39, 0.29) is 0 Å². The van der Waals surface area contributed by atoms with E-state index >= 15 is 0 Å². The van der Waals surface area contributed by atoms with Crippen LogP contribution in [0.3, 0.4) is 0 Å². The summed E-state index contributed by atoms with van der Waals surface area (Å²) in [5.74, 6) is 1.02. The van der Waals surface area contributed by atoms with Gasteiger partial charge in [-0.05, 0) is 25.2 Å². The Kier molecular flexibility index (Phi) is 1.46. The molecule has 0 aromatic rings. The molecule has 58 valence electrons. The van der Waals surface area contributed by atoms with E-state index in [1.54, 1.807) is 0 Å². The molecule has 2 rings (SSSR count). The zero-order chi connectivity index (χ0) is 7.14. The SMILES string of the molecule is CN(C)N1CC2CCC1C2. The first-order chi connectivity index (χ1) is 4.77. The van der Waals surface area contributed by atoms with Gasteiger partial charge in [0.25, 0.3) is 0 Å². The first-order valence-electron chi connectivity index (χ1n) is 4.21. The van der Waals surface area contributed by atoms with E-state index in [0.717, 1.165) is 12.0 Å². The predicted molar refractivity (Wildman–Crippen MR) is 41.5 cm³/mol. The number of hydrogen-bond acceptors (Lipinski definition) is 2. The smallest absolute Gasteiger partial charge is 0.0249 e. The summed E-state index contributed by atoms with van der Waals surface area (Å²) >= 11 is 0. The van der Waals surface area contributed by atoms with Gasteiger partial charge in [0.2, 0.25) is 0 Å². The van der Waals surface area contributed by atoms with Crippen molar-refractivity contribution in [3.8, 4) is 0 Å². The topological polar surface area (TPSA) is 6.48 Å². The minimum atomic E-state index is 0.889. The summed E-state index contributed by atoms with van der Waals surface area (Å²) in [6.45, 7) is 1.32. The molecular formula is C8H16N2. The number of hydrazine groups is 1. The van der Waals surface area contributed by atoms with Crippen LogP contribution in [-0.2, 0) is 0 Å². The Bertz CT molecular complexity index is 133. The molecule has 1 saturated carbocycles. The van der Waals surface area contributed by atoms with Gasteiger partial charge in [0.05, 0.1) is 0 Å². The lowest BCUT2D eigenvalue weighted by atomic mass is 10.1. The maximum atomic E-state index is 2.51. The van der Waals surface area contributed by atoms with Crippen LogP contribution in [0.15, 0.2) is 0 Å². The second-order valence-corrected chi connectivity index (χ2v) is 3.80. The van der Waals surface area contributed by atoms with Crippen LogP contribution in [0.25, 0.3) is 0 Å². The van der Waals surface area contributed by atoms with E-state index in [4.69, 9.17) is 0 Å². The number of hydrogen-bond donors (Lipinski definition) is 0. The maximum absolute atomic E-state index is 2.51. The van der Waals surface area contributed by atoms with Crippen molar-refractivity contribution in [3.63, 3.8) is 0 Å². The fourth-order valence-electron chi connectivity index (χ4n) is 2.39. The van der Waals surface area contributed by atoms with Crippen LogP contribution >= 0.6 is 0 Å². The highest BCUT2D eigenvalue weighted by Crippen LogP contribution is 2.37. The molecule has 2 unspecified atom stereocenters. The highest BCUT2D eigenvalue weighted by Gasteiger charge is 2.38. The number of piperidine rings is 1. The largest absolute Gasteiger partial charge is 0.248 e. The lowest BCUT2D eigenvalue weighted by molar-refractivity contribution is -0.00466. The molecule has 0 spiro atoms. The van der Waals surface area contributed by atoms with E-state index < -0.39 is 0 Å². The van der Waals surface area contributed by atoms with Crippen LogP contribution in [0.1, 0.15) is 19.3 Å². The second kappa shape index (κ2) is 2.21. The molecule has 2 heteroatoms. The molecule has 0 amide bonds. The minimum absolute atomic E-state index is 0.889. The Morgan fingerprint density at radius 3 is 2.40 bits per heavy atom. The monoisotopic (exact) mass is 140 g/mol. The summed E-state index contributed by atoms with van der Waals surface area (Å²) in [6.07, 6.45) is 4.37. The third-order valence-corrected chi connectivity index (χ3v) is 2.89. The van der Waals surface area contributed by atoms with Crippen molar-refractivity contribution < 1.29 is 0 Å². The van der Waals surface area contributed by atoms with E-state index in [2.05, 4.69) is 24.1 Å². The van der Waals surface area contributed by atoms with Crippen molar-refractivity contribution >= 4 is 0 Å². The summed E-state index contributed by atoms with van der Waals surface area (Å²) < 4.78 is 0. The van der Waals surface area contributed by atoms with Crippen LogP contribution in [0.4, 0.5) is 0 Å². The van der Waals surface area contributed by atoms with Crippen LogP contribution in [0.5, 0.6) is 0 Å². The van der Waals surface area contributed by atoms with Crippen molar-refractivity contribution in [2.24, 2.45) is 5.92 Å². The molecule has 1 saturated heterocycles. The highest BCUT2D eigenvalue weighted by molar-refractivity contribution is 4.90. The minimum Gasteiger partial charge on any atom is -0.248 e. The molecule has 2 nitrogen and oxygen atoms in total. The highest BCUT2D eigenvalue weighted by atomic mass is 15.6. The maximum Gasteiger partial charge on any atom is 0.0249 e. The molecule has 2 bridgehead atoms. The van der Waals surface area contributed by atoms with Crippen molar-refractivity contribution in [3.05, 3.63) is 0 Å². The summed E-state index contributed by atoms with van der Waals surface area (Å²) in [4.78, 5) is 0. The fourth-order valence-corrected chi connectivity index (χ4v) is 2.39. The Balaban J connectivity index is 2.02. The molecule has 1 aliphatic heterocycles. The first-order valence-corrected chi connectivity index (χ1v) is 4.21. The van der Waals surface area contributed by atoms with Gasteiger partial charge in [0.15, 0.2) is 0 Å². The molecule has 2 aliphatic rings. The van der Waals surface area contributed by atoms with E-state index in [0.29, 0.717) is 0 Å². The molecule has 0 aromatic heterocycles. The number of rotatable bonds is 1. The third-order valence-electron chi connectivity index (χ3n) is 2.89. The van der Waals surface area contributed by atoms with Gasteiger partial charge in [-0.25, -0.2) is 10.0 Å². The molecule has 0 radical (unpaired) electrons. The van der Waals surface area contributed by atoms with Crippen LogP contribution < -0.4 is 0 Å². The van der Waals surface area contributed by atoms with E-state index in [1.807, 2.05) is 0 Å². The van der Waals surface area contributed by atoms with Gasteiger partial charge < -0.3 is 0 Å². The Labute approximate surface area is 62.8 Å². The summed E-state index contributed by atoms with van der Waals surface area (Å²) in [5, 5.41) is 4.76. The van der Waals surface area contributed by atoms with Gasteiger partial charge in [-0.2, -0.15) is 0 Å². The normalized spacial score (nSPS) is 39.9. The molecular weight excluding hydrogens is 124 g/mol. The molecule has 2 atom stereocenters. The Morgan fingerprint density at radius 1 is 1.30 bits per heavy atom. The molecule has 10 heavy (non-hydrogen) atoms. The van der Waals surface area contributed by atoms with Gasteiger partial charge in [0.1, 0.15) is 0 Å². The standard InChI is InChI=1S/C8H16N2/c1-9(2)10-6-7-3-4-8(10)5-7/h7-8H,3-6H2,1-2H3. The summed E-state index contributed by atoms with van der Waals surface area (Å²) in [5.41, 5.74) is 0. The van der Waals surface area contributed by atoms with Gasteiger partial charge in [0, 0.05) is 26.7 Å². The third kappa shape index (κ3) is 0.867. The first kappa shape index (κ1) is 6.62. The lowest BCUT2D eigenvalue weighted by Gasteiger charge is -2.32. The molecule has 0 aromatic carbocycles. The van der Waals surface area contributed by atoms with Crippen molar-refractivity contribution in [2.75, 3.05) is 20.6 Å². The lowest BCUT2D eigenvalue weighted by Crippen LogP contribution is -2.42. The van der Waals surface area contributed by atoms with Crippen LogP contribution in [-0.4, -0.2) is 36.7 Å². The van der Waals surface area contributed by atoms with Gasteiger partial charge in [-0.15, -0.1) is 0 Å². The zero-order valence-corrected chi connectivity index (χ0v) is 6.88. The van der Waals surface area contributed by atoms with Crippen molar-refractivity contribution in [1.82, 2.24) is 10.0 Å². The second-order valence-electron chi connectivity index (χ2n) is 3.80. The summed E-state index contributed by atoms with van der Waals surface area (Å²) in [6, 6.07) is 0.889. The van der Waals surface area contributed by atoms with E-state index in [1.165, 1.54) is 25.8 Å². The predicted octanol–water partition coefficient (Wildman–Crippen LogP) is 0.947. The molecule has 0 N–H and O–H groups in total. The molecule has 1 heterocycles. The van der Waals surface area contributed by atoms with E-state index in [9.17, 15) is 0 Å². The average Bonchev–Trinajstić information content (AvgIpc) is 2.44. The average molecular weight is 140 g/mol. The van der Waals surface area contributed by atoms with Crippen LogP contribution in [0.2, 0.25) is 0 Å². The van der Waals surface area contributed by atoms with Crippen molar-refractivity contribution in [2.45, 2.75) is 25.3 Å². The fraction of sp³-hybridized carbons (Fsp3) is 1.00. The Hall–Kier alpha value is -0.0800. The van der Waals surface area contributed by atoms with Gasteiger partial charge >= 0.3 is 0 Å². The summed E-state index contributed by atoms with van der Waals surface area (Å²) in [7, 11) is 4.31. The zero-order valence-electron chi connectivity index (χ0n) is 6.88.